The highest BCUT2D eigenvalue weighted by Gasteiger charge is 2.27. The van der Waals surface area contributed by atoms with E-state index in [9.17, 15) is 13.2 Å². The molecular formula is C32H33F2N7O5S. The maximum atomic E-state index is 16.8. The lowest BCUT2D eigenvalue weighted by atomic mass is 9.94. The molecule has 0 saturated carbocycles. The molecule has 1 aliphatic heterocycles. The van der Waals surface area contributed by atoms with Crippen molar-refractivity contribution in [2.24, 2.45) is 0 Å². The number of benzene rings is 2. The van der Waals surface area contributed by atoms with Crippen molar-refractivity contribution in [2.45, 2.75) is 38.0 Å². The average molecular weight is 666 g/mol. The van der Waals surface area contributed by atoms with Crippen LogP contribution in [0, 0.1) is 11.6 Å². The zero-order valence-corrected chi connectivity index (χ0v) is 27.4. The van der Waals surface area contributed by atoms with Crippen molar-refractivity contribution in [3.63, 3.8) is 0 Å². The van der Waals surface area contributed by atoms with Crippen LogP contribution in [0.2, 0.25) is 0 Å². The minimum absolute atomic E-state index is 0.0752. The first-order chi connectivity index (χ1) is 22.4. The number of rotatable bonds is 8. The fraction of sp³-hybridized carbons (Fsp3) is 0.344. The number of pyridine rings is 1. The van der Waals surface area contributed by atoms with Gasteiger partial charge in [0, 0.05) is 52.3 Å². The summed E-state index contributed by atoms with van der Waals surface area (Å²) in [5.74, 6) is -1.08. The van der Waals surface area contributed by atoms with Gasteiger partial charge in [-0.15, -0.1) is 0 Å². The number of hydrogen-bond donors (Lipinski definition) is 0. The number of halogens is 2. The standard InChI is InChI=1S/C32H33F2N7O5S/c1-6-21-24(33)9-8-18-12-20(46-17-45-4)14-22(26(18)21)28-27(34)29-23(15-35-28)30(37-32(36-29)47(5,43)44)40-10-7-11-41-19(16-40)13-25(38-41)31(42)39(2)3/h8-9,12-15H,6-7,10-11,16-17H2,1-5H3. The van der Waals surface area contributed by atoms with E-state index < -0.39 is 26.6 Å². The number of sulfone groups is 1. The van der Waals surface area contributed by atoms with Gasteiger partial charge in [-0.05, 0) is 53.4 Å². The zero-order chi connectivity index (χ0) is 33.6. The van der Waals surface area contributed by atoms with Crippen molar-refractivity contribution in [1.82, 2.24) is 29.6 Å². The Morgan fingerprint density at radius 1 is 1.11 bits per heavy atom. The van der Waals surface area contributed by atoms with Gasteiger partial charge < -0.3 is 19.3 Å². The number of aromatic nitrogens is 5. The summed E-state index contributed by atoms with van der Waals surface area (Å²) in [6.07, 6.45) is 3.26. The van der Waals surface area contributed by atoms with E-state index in [1.54, 1.807) is 50.0 Å². The molecule has 5 aromatic rings. The Labute approximate surface area is 269 Å². The third kappa shape index (κ3) is 5.96. The summed E-state index contributed by atoms with van der Waals surface area (Å²) in [5.41, 5.74) is 1.19. The molecule has 0 saturated heterocycles. The molecule has 0 N–H and O–H groups in total. The van der Waals surface area contributed by atoms with E-state index in [0.717, 1.165) is 6.26 Å². The van der Waals surface area contributed by atoms with Crippen molar-refractivity contribution < 1.29 is 31.5 Å². The second-order valence-electron chi connectivity index (χ2n) is 11.5. The molecule has 0 spiro atoms. The van der Waals surface area contributed by atoms with Crippen LogP contribution in [0.5, 0.6) is 5.75 Å². The van der Waals surface area contributed by atoms with Gasteiger partial charge in [-0.1, -0.05) is 13.0 Å². The maximum Gasteiger partial charge on any atom is 0.273 e. The Morgan fingerprint density at radius 2 is 1.89 bits per heavy atom. The Morgan fingerprint density at radius 3 is 2.60 bits per heavy atom. The van der Waals surface area contributed by atoms with Crippen LogP contribution in [0.3, 0.4) is 0 Å². The third-order valence-electron chi connectivity index (χ3n) is 8.01. The number of nitrogens with zero attached hydrogens (tertiary/aromatic N) is 7. The molecule has 0 atom stereocenters. The van der Waals surface area contributed by atoms with Gasteiger partial charge in [-0.3, -0.25) is 14.5 Å². The van der Waals surface area contributed by atoms with Gasteiger partial charge in [0.2, 0.25) is 15.0 Å². The Kier molecular flexibility index (Phi) is 8.53. The highest BCUT2D eigenvalue weighted by Crippen LogP contribution is 2.39. The van der Waals surface area contributed by atoms with Crippen LogP contribution in [-0.4, -0.2) is 84.8 Å². The zero-order valence-electron chi connectivity index (χ0n) is 26.5. The quantitative estimate of drug-likeness (QED) is 0.174. The molecule has 1 aliphatic rings. The largest absolute Gasteiger partial charge is 0.468 e. The molecule has 0 bridgehead atoms. The van der Waals surface area contributed by atoms with Crippen LogP contribution in [0.15, 0.2) is 41.7 Å². The van der Waals surface area contributed by atoms with Crippen LogP contribution in [0.4, 0.5) is 14.6 Å². The van der Waals surface area contributed by atoms with Crippen molar-refractivity contribution in [1.29, 1.82) is 0 Å². The minimum Gasteiger partial charge on any atom is -0.468 e. The molecule has 2 aromatic carbocycles. The summed E-state index contributed by atoms with van der Waals surface area (Å²) in [7, 11) is 0.753. The number of ether oxygens (including phenoxy) is 2. The molecule has 3 aromatic heterocycles. The van der Waals surface area contributed by atoms with E-state index in [1.807, 2.05) is 4.90 Å². The fourth-order valence-corrected chi connectivity index (χ4v) is 6.33. The number of methoxy groups -OCH3 is 1. The average Bonchev–Trinajstić information content (AvgIpc) is 3.33. The van der Waals surface area contributed by atoms with E-state index in [2.05, 4.69) is 20.1 Å². The van der Waals surface area contributed by atoms with Crippen molar-refractivity contribution in [3.05, 3.63) is 65.1 Å². The molecule has 12 nitrogen and oxygen atoms in total. The topological polar surface area (TPSA) is 133 Å². The first-order valence-corrected chi connectivity index (χ1v) is 16.8. The molecule has 4 heterocycles. The third-order valence-corrected chi connectivity index (χ3v) is 8.85. The second-order valence-corrected chi connectivity index (χ2v) is 13.4. The van der Waals surface area contributed by atoms with Gasteiger partial charge in [-0.25, -0.2) is 27.2 Å². The number of amides is 1. The molecule has 47 heavy (non-hydrogen) atoms. The van der Waals surface area contributed by atoms with Gasteiger partial charge in [0.15, 0.2) is 18.3 Å². The number of fused-ring (bicyclic) bond motifs is 3. The molecule has 0 aliphatic carbocycles. The predicted octanol–water partition coefficient (Wildman–Crippen LogP) is 4.38. The van der Waals surface area contributed by atoms with Crippen molar-refractivity contribution in [2.75, 3.05) is 45.7 Å². The van der Waals surface area contributed by atoms with Crippen molar-refractivity contribution >= 4 is 43.2 Å². The summed E-state index contributed by atoms with van der Waals surface area (Å²) in [4.78, 5) is 28.9. The summed E-state index contributed by atoms with van der Waals surface area (Å²) in [6, 6.07) is 7.88. The van der Waals surface area contributed by atoms with Crippen molar-refractivity contribution in [3.8, 4) is 17.0 Å². The van der Waals surface area contributed by atoms with E-state index in [-0.39, 0.29) is 52.9 Å². The lowest BCUT2D eigenvalue weighted by Crippen LogP contribution is -2.25. The summed E-state index contributed by atoms with van der Waals surface area (Å²) >= 11 is 0. The molecule has 15 heteroatoms. The predicted molar refractivity (Wildman–Crippen MR) is 171 cm³/mol. The lowest BCUT2D eigenvalue weighted by Gasteiger charge is -2.23. The molecular weight excluding hydrogens is 632 g/mol. The first-order valence-electron chi connectivity index (χ1n) is 14.9. The highest BCUT2D eigenvalue weighted by atomic mass is 32.2. The normalized spacial score (nSPS) is 13.6. The number of hydrogen-bond acceptors (Lipinski definition) is 10. The summed E-state index contributed by atoms with van der Waals surface area (Å²) in [5, 5.41) is 5.14. The smallest absolute Gasteiger partial charge is 0.273 e. The van der Waals surface area contributed by atoms with Gasteiger partial charge in [0.1, 0.15) is 28.6 Å². The molecule has 0 fully saturated rings. The lowest BCUT2D eigenvalue weighted by molar-refractivity contribution is 0.0512. The van der Waals surface area contributed by atoms with Gasteiger partial charge in [0.05, 0.1) is 17.6 Å². The van der Waals surface area contributed by atoms with Gasteiger partial charge in [0.25, 0.3) is 5.91 Å². The monoisotopic (exact) mass is 665 g/mol. The van der Waals surface area contributed by atoms with E-state index >= 15 is 8.78 Å². The van der Waals surface area contributed by atoms with Crippen LogP contribution < -0.4 is 9.64 Å². The molecule has 1 amide bonds. The minimum atomic E-state index is -3.99. The van der Waals surface area contributed by atoms with Crippen LogP contribution >= 0.6 is 0 Å². The highest BCUT2D eigenvalue weighted by molar-refractivity contribution is 7.90. The number of aryl methyl sites for hydroxylation is 2. The molecule has 0 radical (unpaired) electrons. The number of anilines is 1. The Bertz CT molecular complexity index is 2150. The maximum absolute atomic E-state index is 16.8. The fourth-order valence-electron chi connectivity index (χ4n) is 5.82. The SMILES string of the molecule is CCc1c(F)ccc2cc(OCOC)cc(-c3ncc4c(N5CCCn6nc(C(=O)N(C)C)cc6C5)nc(S(C)(=O)=O)nc4c3F)c12. The molecule has 6 rings (SSSR count). The summed E-state index contributed by atoms with van der Waals surface area (Å²) < 4.78 is 70.0. The van der Waals surface area contributed by atoms with Gasteiger partial charge in [-0.2, -0.15) is 5.10 Å². The number of carbonyl (C=O) groups is 1. The summed E-state index contributed by atoms with van der Waals surface area (Å²) in [6.45, 7) is 2.88. The van der Waals surface area contributed by atoms with E-state index in [0.29, 0.717) is 53.7 Å². The van der Waals surface area contributed by atoms with Crippen LogP contribution in [0.25, 0.3) is 32.9 Å². The van der Waals surface area contributed by atoms with Crippen LogP contribution in [0.1, 0.15) is 35.1 Å². The first kappa shape index (κ1) is 32.2. The van der Waals surface area contributed by atoms with Gasteiger partial charge >= 0.3 is 0 Å². The Balaban J connectivity index is 1.56. The van der Waals surface area contributed by atoms with E-state index in [4.69, 9.17) is 9.47 Å². The number of carbonyl (C=O) groups excluding carboxylic acids is 1. The Hall–Kier alpha value is -4.76. The molecule has 246 valence electrons. The van der Waals surface area contributed by atoms with E-state index in [1.165, 1.54) is 24.3 Å². The van der Waals surface area contributed by atoms with Crippen LogP contribution in [-0.2, 0) is 34.1 Å². The molecule has 0 unspecified atom stereocenters. The second kappa shape index (κ2) is 12.4.